The number of ether oxygens (including phenoxy) is 2. The fourth-order valence-corrected chi connectivity index (χ4v) is 2.14. The Labute approximate surface area is 99.8 Å². The highest BCUT2D eigenvalue weighted by Gasteiger charge is 2.26. The highest BCUT2D eigenvalue weighted by Crippen LogP contribution is 2.33. The fourth-order valence-electron chi connectivity index (χ4n) is 0.592. The maximum atomic E-state index is 12.9. The van der Waals surface area contributed by atoms with Crippen molar-refractivity contribution in [2.24, 2.45) is 0 Å². The Balaban J connectivity index is 3.86. The highest BCUT2D eigenvalue weighted by atomic mass is 33.1. The predicted octanol–water partition coefficient (Wildman–Crippen LogP) is 2.09. The van der Waals surface area contributed by atoms with E-state index >= 15 is 0 Å². The van der Waals surface area contributed by atoms with E-state index in [0.717, 1.165) is 0 Å². The average Bonchev–Trinajstić information content (AvgIpc) is 2.25. The van der Waals surface area contributed by atoms with Gasteiger partial charge in [-0.1, -0.05) is 0 Å². The van der Waals surface area contributed by atoms with Crippen molar-refractivity contribution in [3.8, 4) is 0 Å². The molecule has 0 aliphatic rings. The third kappa shape index (κ3) is 6.16. The number of hydrogen-bond acceptors (Lipinski definition) is 6. The number of rotatable bonds is 7. The molecular weight excluding hydrogens is 262 g/mol. The second-order valence-corrected chi connectivity index (χ2v) is 4.70. The number of halogens is 2. The quantitative estimate of drug-likeness (QED) is 0.523. The smallest absolute Gasteiger partial charge is 0.352 e. The van der Waals surface area contributed by atoms with E-state index in [1.54, 1.807) is 0 Å². The third-order valence-corrected chi connectivity index (χ3v) is 3.35. The van der Waals surface area contributed by atoms with E-state index in [1.807, 2.05) is 0 Å². The molecule has 0 aliphatic carbocycles. The number of hydrogen-bond donors (Lipinski definition) is 0. The van der Waals surface area contributed by atoms with Crippen LogP contribution >= 0.6 is 21.6 Å². The normalized spacial score (nSPS) is 14.0. The van der Waals surface area contributed by atoms with Gasteiger partial charge in [0, 0.05) is 0 Å². The number of alkyl halides is 2. The Morgan fingerprint density at radius 1 is 1.00 bits per heavy atom. The lowest BCUT2D eigenvalue weighted by atomic mass is 10.7. The zero-order chi connectivity index (χ0) is 12.6. The lowest BCUT2D eigenvalue weighted by Gasteiger charge is -2.08. The topological polar surface area (TPSA) is 52.6 Å². The minimum absolute atomic E-state index is 0.0431. The molecular formula is C8H12F2O4S2. The lowest BCUT2D eigenvalue weighted by Crippen LogP contribution is -2.17. The summed E-state index contributed by atoms with van der Waals surface area (Å²) in [5.74, 6) is -2.17. The number of carbonyl (C=O) groups excluding carboxylic acids is 2. The van der Waals surface area contributed by atoms with Crippen molar-refractivity contribution in [2.75, 3.05) is 13.2 Å². The molecule has 0 rings (SSSR count). The van der Waals surface area contributed by atoms with Crippen LogP contribution in [-0.4, -0.2) is 36.2 Å². The van der Waals surface area contributed by atoms with Crippen molar-refractivity contribution in [3.05, 3.63) is 0 Å². The first-order chi connectivity index (χ1) is 7.52. The molecule has 0 spiro atoms. The second kappa shape index (κ2) is 8.63. The summed E-state index contributed by atoms with van der Waals surface area (Å²) < 4.78 is 34.6. The van der Waals surface area contributed by atoms with Crippen molar-refractivity contribution in [3.63, 3.8) is 0 Å². The molecule has 0 fully saturated rings. The summed E-state index contributed by atoms with van der Waals surface area (Å²) >= 11 is 0. The average molecular weight is 274 g/mol. The number of esters is 2. The van der Waals surface area contributed by atoms with Gasteiger partial charge in [0.2, 0.25) is 0 Å². The molecule has 0 radical (unpaired) electrons. The van der Waals surface area contributed by atoms with Crippen molar-refractivity contribution in [1.82, 2.24) is 0 Å². The molecule has 0 aromatic carbocycles. The van der Waals surface area contributed by atoms with Crippen LogP contribution in [0.2, 0.25) is 0 Å². The summed E-state index contributed by atoms with van der Waals surface area (Å²) in [6.07, 6.45) is 0. The standard InChI is InChI=1S/C8H12F2O4S2/c1-3-13-7(11)5(9)15-16-6(10)8(12)14-4-2/h5-6H,3-4H2,1-2H3. The van der Waals surface area contributed by atoms with Gasteiger partial charge in [-0.3, -0.25) is 0 Å². The van der Waals surface area contributed by atoms with Crippen molar-refractivity contribution < 1.29 is 27.8 Å². The Bertz CT molecular complexity index is 216. The zero-order valence-corrected chi connectivity index (χ0v) is 10.4. The van der Waals surface area contributed by atoms with Gasteiger partial charge in [0.15, 0.2) is 0 Å². The first kappa shape index (κ1) is 15.5. The van der Waals surface area contributed by atoms with E-state index in [0.29, 0.717) is 0 Å². The van der Waals surface area contributed by atoms with E-state index in [4.69, 9.17) is 0 Å². The summed E-state index contributed by atoms with van der Waals surface area (Å²) in [5, 5.41) is 0. The predicted molar refractivity (Wildman–Crippen MR) is 58.2 cm³/mol. The van der Waals surface area contributed by atoms with E-state index in [-0.39, 0.29) is 34.8 Å². The van der Waals surface area contributed by atoms with Gasteiger partial charge in [-0.05, 0) is 35.4 Å². The van der Waals surface area contributed by atoms with E-state index in [9.17, 15) is 18.4 Å². The number of carbonyl (C=O) groups is 2. The Morgan fingerprint density at radius 2 is 1.31 bits per heavy atom. The second-order valence-electron chi connectivity index (χ2n) is 2.33. The van der Waals surface area contributed by atoms with Gasteiger partial charge in [0.1, 0.15) is 0 Å². The Hall–Kier alpha value is -0.500. The lowest BCUT2D eigenvalue weighted by molar-refractivity contribution is -0.146. The molecule has 0 heterocycles. The van der Waals surface area contributed by atoms with Crippen LogP contribution in [0.15, 0.2) is 0 Å². The summed E-state index contributed by atoms with van der Waals surface area (Å²) in [7, 11) is 0.573. The highest BCUT2D eigenvalue weighted by molar-refractivity contribution is 8.77. The largest absolute Gasteiger partial charge is 0.463 e. The summed E-state index contributed by atoms with van der Waals surface area (Å²) in [6.45, 7) is 3.14. The molecule has 0 bridgehead atoms. The monoisotopic (exact) mass is 274 g/mol. The van der Waals surface area contributed by atoms with Crippen LogP contribution in [0.1, 0.15) is 13.8 Å². The molecule has 8 heteroatoms. The third-order valence-electron chi connectivity index (χ3n) is 1.17. The fraction of sp³-hybridized carbons (Fsp3) is 0.750. The molecule has 2 unspecified atom stereocenters. The van der Waals surface area contributed by atoms with E-state index in [1.165, 1.54) is 13.8 Å². The Morgan fingerprint density at radius 3 is 1.56 bits per heavy atom. The first-order valence-corrected chi connectivity index (χ1v) is 6.74. The van der Waals surface area contributed by atoms with Gasteiger partial charge in [-0.2, -0.15) is 0 Å². The van der Waals surface area contributed by atoms with E-state index < -0.39 is 22.9 Å². The first-order valence-electron chi connectivity index (χ1n) is 4.46. The van der Waals surface area contributed by atoms with Gasteiger partial charge in [-0.15, -0.1) is 0 Å². The van der Waals surface area contributed by atoms with Gasteiger partial charge >= 0.3 is 11.9 Å². The van der Waals surface area contributed by atoms with Crippen LogP contribution < -0.4 is 0 Å². The molecule has 0 aromatic heterocycles. The molecule has 0 aromatic rings. The van der Waals surface area contributed by atoms with Crippen LogP contribution in [0.4, 0.5) is 8.78 Å². The minimum atomic E-state index is -2.02. The summed E-state index contributed by atoms with van der Waals surface area (Å²) in [6, 6.07) is 0. The van der Waals surface area contributed by atoms with Crippen molar-refractivity contribution in [1.29, 1.82) is 0 Å². The van der Waals surface area contributed by atoms with Crippen molar-refractivity contribution in [2.45, 2.75) is 24.9 Å². The summed E-state index contributed by atoms with van der Waals surface area (Å²) in [4.78, 5) is 21.6. The van der Waals surface area contributed by atoms with Crippen LogP contribution in [0.5, 0.6) is 0 Å². The molecule has 0 amide bonds. The van der Waals surface area contributed by atoms with E-state index in [2.05, 4.69) is 9.47 Å². The SMILES string of the molecule is CCOC(=O)C(F)SSC(F)C(=O)OCC. The van der Waals surface area contributed by atoms with Crippen molar-refractivity contribution >= 4 is 33.5 Å². The summed E-state index contributed by atoms with van der Waals surface area (Å²) in [5.41, 5.74) is -4.03. The molecule has 94 valence electrons. The minimum Gasteiger partial charge on any atom is -0.463 e. The van der Waals surface area contributed by atoms with Gasteiger partial charge in [0.25, 0.3) is 11.0 Å². The molecule has 0 saturated carbocycles. The zero-order valence-electron chi connectivity index (χ0n) is 8.77. The molecule has 16 heavy (non-hydrogen) atoms. The van der Waals surface area contributed by atoms with Gasteiger partial charge in [-0.25, -0.2) is 18.4 Å². The molecule has 4 nitrogen and oxygen atoms in total. The van der Waals surface area contributed by atoms with Crippen LogP contribution in [0.25, 0.3) is 0 Å². The molecule has 0 aliphatic heterocycles. The maximum absolute atomic E-state index is 12.9. The Kier molecular flexibility index (Phi) is 8.36. The maximum Gasteiger partial charge on any atom is 0.352 e. The van der Waals surface area contributed by atoms with Gasteiger partial charge < -0.3 is 9.47 Å². The molecule has 2 atom stereocenters. The van der Waals surface area contributed by atoms with Crippen LogP contribution in [-0.2, 0) is 19.1 Å². The van der Waals surface area contributed by atoms with Crippen LogP contribution in [0.3, 0.4) is 0 Å². The molecule has 0 saturated heterocycles. The molecule has 0 N–H and O–H groups in total. The van der Waals surface area contributed by atoms with Crippen LogP contribution in [0, 0.1) is 0 Å². The van der Waals surface area contributed by atoms with Gasteiger partial charge in [0.05, 0.1) is 13.2 Å².